The molecule has 2 aromatic rings. The van der Waals surface area contributed by atoms with Crippen LogP contribution in [-0.4, -0.2) is 63.7 Å². The number of carbonyl (C=O) groups excluding carboxylic acids is 1. The Hall–Kier alpha value is -2.24. The van der Waals surface area contributed by atoms with Crippen molar-refractivity contribution in [2.75, 3.05) is 18.8 Å². The number of thioether (sulfide) groups is 1. The maximum absolute atomic E-state index is 13.1. The van der Waals surface area contributed by atoms with E-state index in [0.29, 0.717) is 6.54 Å². The van der Waals surface area contributed by atoms with Crippen LogP contribution >= 0.6 is 11.8 Å². The summed E-state index contributed by atoms with van der Waals surface area (Å²) in [7, 11) is -3.71. The van der Waals surface area contributed by atoms with Crippen molar-refractivity contribution in [2.45, 2.75) is 37.0 Å². The molecule has 0 aliphatic carbocycles. The molecule has 1 N–H and O–H groups in total. The van der Waals surface area contributed by atoms with Gasteiger partial charge in [-0.1, -0.05) is 43.8 Å². The van der Waals surface area contributed by atoms with Gasteiger partial charge in [-0.3, -0.25) is 14.6 Å². The number of H-pyrrole nitrogens is 1. The molecule has 9 nitrogen and oxygen atoms in total. The number of hydrogen-bond donors (Lipinski definition) is 1. The van der Waals surface area contributed by atoms with Crippen LogP contribution in [0.2, 0.25) is 0 Å². The Balaban J connectivity index is 1.76. The number of sulfonamides is 1. The number of benzene rings is 1. The normalized spacial score (nSPS) is 17.8. The molecule has 1 aromatic carbocycles. The molecule has 1 fully saturated rings. The standard InChI is InChI=1S/C18H23N5O4S2/c1-12(2)17-22(15(24)11-28-18-19-16(25)13(3)20-21-18)9-10-23(17)29(26,27)14-7-5-4-6-8-14/h4-8,12,17H,9-11H2,1-3H3,(H,19,21,25)/t17-/m1/s1. The van der Waals surface area contributed by atoms with Crippen molar-refractivity contribution in [1.29, 1.82) is 0 Å². The highest BCUT2D eigenvalue weighted by atomic mass is 32.2. The van der Waals surface area contributed by atoms with Crippen molar-refractivity contribution >= 4 is 27.7 Å². The van der Waals surface area contributed by atoms with Crippen molar-refractivity contribution in [3.05, 3.63) is 46.4 Å². The fraction of sp³-hybridized carbons (Fsp3) is 0.444. The van der Waals surface area contributed by atoms with Crippen LogP contribution < -0.4 is 5.56 Å². The van der Waals surface area contributed by atoms with Gasteiger partial charge < -0.3 is 4.90 Å². The van der Waals surface area contributed by atoms with Gasteiger partial charge in [0.15, 0.2) is 5.16 Å². The van der Waals surface area contributed by atoms with Crippen molar-refractivity contribution in [3.63, 3.8) is 0 Å². The average Bonchev–Trinajstić information content (AvgIpc) is 3.16. The first-order chi connectivity index (χ1) is 13.7. The molecule has 3 rings (SSSR count). The fourth-order valence-corrected chi connectivity index (χ4v) is 5.66. The third kappa shape index (κ3) is 4.51. The molecule has 0 bridgehead atoms. The average molecular weight is 438 g/mol. The van der Waals surface area contributed by atoms with Crippen molar-refractivity contribution in [1.82, 2.24) is 24.4 Å². The molecule has 1 aromatic heterocycles. The molecule has 11 heteroatoms. The summed E-state index contributed by atoms with van der Waals surface area (Å²) in [6, 6.07) is 8.22. The van der Waals surface area contributed by atoms with Gasteiger partial charge >= 0.3 is 0 Å². The number of carbonyl (C=O) groups is 1. The van der Waals surface area contributed by atoms with Crippen molar-refractivity contribution < 1.29 is 13.2 Å². The van der Waals surface area contributed by atoms with E-state index in [0.717, 1.165) is 11.8 Å². The molecule has 156 valence electrons. The van der Waals surface area contributed by atoms with E-state index in [4.69, 9.17) is 0 Å². The van der Waals surface area contributed by atoms with E-state index in [2.05, 4.69) is 15.2 Å². The van der Waals surface area contributed by atoms with E-state index < -0.39 is 16.2 Å². The van der Waals surface area contributed by atoms with Gasteiger partial charge in [0, 0.05) is 13.1 Å². The first-order valence-electron chi connectivity index (χ1n) is 9.14. The van der Waals surface area contributed by atoms with E-state index >= 15 is 0 Å². The van der Waals surface area contributed by atoms with Gasteiger partial charge in [0.2, 0.25) is 15.9 Å². The Morgan fingerprint density at radius 2 is 1.93 bits per heavy atom. The van der Waals surface area contributed by atoms with Gasteiger partial charge in [0.05, 0.1) is 10.6 Å². The molecule has 0 unspecified atom stereocenters. The Labute approximate surface area is 173 Å². The minimum Gasteiger partial charge on any atom is -0.324 e. The SMILES string of the molecule is Cc1nnc(SCC(=O)N2CCN(S(=O)(=O)c3ccccc3)[C@@H]2C(C)C)[nH]c1=O. The molecule has 1 saturated heterocycles. The third-order valence-electron chi connectivity index (χ3n) is 4.61. The molecule has 0 radical (unpaired) electrons. The number of aromatic amines is 1. The van der Waals surface area contributed by atoms with Gasteiger partial charge in [-0.2, -0.15) is 4.31 Å². The van der Waals surface area contributed by atoms with E-state index in [1.165, 1.54) is 4.31 Å². The molecular formula is C18H23N5O4S2. The van der Waals surface area contributed by atoms with E-state index in [-0.39, 0.29) is 45.4 Å². The summed E-state index contributed by atoms with van der Waals surface area (Å²) in [6.07, 6.45) is -0.573. The molecule has 29 heavy (non-hydrogen) atoms. The van der Waals surface area contributed by atoms with Crippen LogP contribution in [0.3, 0.4) is 0 Å². The highest BCUT2D eigenvalue weighted by Crippen LogP contribution is 2.29. The summed E-state index contributed by atoms with van der Waals surface area (Å²) in [5.74, 6) is -0.289. The van der Waals surface area contributed by atoms with Crippen LogP contribution in [0.5, 0.6) is 0 Å². The predicted octanol–water partition coefficient (Wildman–Crippen LogP) is 1.08. The maximum Gasteiger partial charge on any atom is 0.273 e. The molecule has 1 atom stereocenters. The van der Waals surface area contributed by atoms with Crippen LogP contribution in [-0.2, 0) is 14.8 Å². The summed E-state index contributed by atoms with van der Waals surface area (Å²) in [5.41, 5.74) is -0.0989. The van der Waals surface area contributed by atoms with Crippen LogP contribution in [0.25, 0.3) is 0 Å². The highest BCUT2D eigenvalue weighted by Gasteiger charge is 2.43. The largest absolute Gasteiger partial charge is 0.324 e. The minimum absolute atomic E-state index is 0.0239. The summed E-state index contributed by atoms with van der Waals surface area (Å²) in [6.45, 7) is 5.87. The molecule has 2 heterocycles. The lowest BCUT2D eigenvalue weighted by Crippen LogP contribution is -2.48. The van der Waals surface area contributed by atoms with Crippen LogP contribution in [0, 0.1) is 12.8 Å². The first kappa shape index (κ1) is 21.5. The zero-order chi connectivity index (χ0) is 21.2. The summed E-state index contributed by atoms with van der Waals surface area (Å²) < 4.78 is 27.6. The lowest BCUT2D eigenvalue weighted by Gasteiger charge is -2.32. The monoisotopic (exact) mass is 437 g/mol. The number of aromatic nitrogens is 3. The summed E-state index contributed by atoms with van der Waals surface area (Å²) >= 11 is 1.07. The third-order valence-corrected chi connectivity index (χ3v) is 7.35. The second kappa shape index (κ2) is 8.64. The predicted molar refractivity (Wildman–Crippen MR) is 109 cm³/mol. The van der Waals surface area contributed by atoms with Crippen LogP contribution in [0.1, 0.15) is 19.5 Å². The molecule has 1 aliphatic heterocycles. The summed E-state index contributed by atoms with van der Waals surface area (Å²) in [5, 5.41) is 7.87. The van der Waals surface area contributed by atoms with Crippen molar-refractivity contribution in [3.8, 4) is 0 Å². The maximum atomic E-state index is 13.1. The van der Waals surface area contributed by atoms with E-state index in [1.807, 2.05) is 13.8 Å². The number of rotatable bonds is 6. The van der Waals surface area contributed by atoms with Crippen LogP contribution in [0.4, 0.5) is 0 Å². The Morgan fingerprint density at radius 1 is 1.24 bits per heavy atom. The number of amides is 1. The highest BCUT2D eigenvalue weighted by molar-refractivity contribution is 7.99. The Bertz CT molecular complexity index is 1040. The van der Waals surface area contributed by atoms with Gasteiger partial charge in [0.25, 0.3) is 5.56 Å². The molecule has 0 spiro atoms. The minimum atomic E-state index is -3.71. The molecule has 1 amide bonds. The topological polar surface area (TPSA) is 116 Å². The second-order valence-electron chi connectivity index (χ2n) is 7.01. The molecule has 0 saturated carbocycles. The quantitative estimate of drug-likeness (QED) is 0.672. The fourth-order valence-electron chi connectivity index (χ4n) is 3.24. The number of nitrogens with one attached hydrogen (secondary N) is 1. The first-order valence-corrected chi connectivity index (χ1v) is 11.6. The Morgan fingerprint density at radius 3 is 2.55 bits per heavy atom. The summed E-state index contributed by atoms with van der Waals surface area (Å²) in [4.78, 5) is 28.8. The zero-order valence-corrected chi connectivity index (χ0v) is 18.0. The molecule has 1 aliphatic rings. The lowest BCUT2D eigenvalue weighted by molar-refractivity contribution is -0.130. The number of hydrogen-bond acceptors (Lipinski definition) is 7. The Kier molecular flexibility index (Phi) is 6.39. The lowest BCUT2D eigenvalue weighted by atomic mass is 10.1. The zero-order valence-electron chi connectivity index (χ0n) is 16.4. The van der Waals surface area contributed by atoms with Crippen molar-refractivity contribution in [2.24, 2.45) is 5.92 Å². The smallest absolute Gasteiger partial charge is 0.273 e. The van der Waals surface area contributed by atoms with Crippen LogP contribution in [0.15, 0.2) is 45.2 Å². The van der Waals surface area contributed by atoms with Gasteiger partial charge in [-0.05, 0) is 25.0 Å². The van der Waals surface area contributed by atoms with E-state index in [9.17, 15) is 18.0 Å². The van der Waals surface area contributed by atoms with Gasteiger partial charge in [-0.25, -0.2) is 8.42 Å². The number of aryl methyl sites for hydroxylation is 1. The number of nitrogens with zero attached hydrogens (tertiary/aromatic N) is 4. The van der Waals surface area contributed by atoms with Gasteiger partial charge in [-0.15, -0.1) is 10.2 Å². The second-order valence-corrected chi connectivity index (χ2v) is 9.86. The molecular weight excluding hydrogens is 414 g/mol. The van der Waals surface area contributed by atoms with E-state index in [1.54, 1.807) is 42.2 Å². The van der Waals surface area contributed by atoms with Gasteiger partial charge in [0.1, 0.15) is 11.9 Å².